The zero-order valence-corrected chi connectivity index (χ0v) is 7.76. The minimum absolute atomic E-state index is 0.691. The van der Waals surface area contributed by atoms with Gasteiger partial charge in [0, 0.05) is 13.3 Å². The first kappa shape index (κ1) is 9.20. The van der Waals surface area contributed by atoms with Crippen LogP contribution in [-0.4, -0.2) is 26.5 Å². The lowest BCUT2D eigenvalue weighted by Gasteiger charge is -2.18. The number of allylic oxidation sites excluding steroid dienone is 1. The Labute approximate surface area is 73.6 Å². The molecule has 2 heteroatoms. The second-order valence-electron chi connectivity index (χ2n) is 2.96. The largest absolute Gasteiger partial charge is 0.376 e. The molecule has 0 atom stereocenters. The van der Waals surface area contributed by atoms with Crippen LogP contribution >= 0.6 is 0 Å². The fourth-order valence-corrected chi connectivity index (χ4v) is 1.29. The van der Waals surface area contributed by atoms with Crippen LogP contribution in [0.3, 0.4) is 0 Å². The maximum Gasteiger partial charge on any atom is 0.0722 e. The molecular formula is C10H15NO. The first-order valence-corrected chi connectivity index (χ1v) is 4.13. The molecular weight excluding hydrogens is 150 g/mol. The van der Waals surface area contributed by atoms with E-state index in [0.717, 1.165) is 13.0 Å². The molecule has 66 valence electrons. The molecule has 1 fully saturated rings. The van der Waals surface area contributed by atoms with Crippen molar-refractivity contribution in [2.75, 3.05) is 20.3 Å². The van der Waals surface area contributed by atoms with Crippen molar-refractivity contribution in [1.29, 1.82) is 0 Å². The Bertz CT molecular complexity index is 238. The third kappa shape index (κ3) is 2.05. The molecule has 0 unspecified atom stereocenters. The summed E-state index contributed by atoms with van der Waals surface area (Å²) in [6.45, 7) is 7.54. The summed E-state index contributed by atoms with van der Waals surface area (Å²) in [5.74, 6) is 0. The molecule has 0 saturated carbocycles. The Hall–Kier alpha value is -0.890. The standard InChI is InChI=1S/C10H15NO/c1-8-4-5-12-7-10(8)9(2)6-11-3/h6H,1,4-5,7H2,2-3H3/b10-9-,11-6-. The number of nitrogens with zero attached hydrogens (tertiary/aromatic N) is 1. The molecule has 0 aromatic carbocycles. The van der Waals surface area contributed by atoms with E-state index in [1.54, 1.807) is 7.05 Å². The van der Waals surface area contributed by atoms with E-state index in [1.165, 1.54) is 16.7 Å². The van der Waals surface area contributed by atoms with Crippen molar-refractivity contribution in [3.63, 3.8) is 0 Å². The smallest absolute Gasteiger partial charge is 0.0722 e. The molecule has 0 radical (unpaired) electrons. The van der Waals surface area contributed by atoms with Gasteiger partial charge in [0.1, 0.15) is 0 Å². The Morgan fingerprint density at radius 2 is 2.42 bits per heavy atom. The van der Waals surface area contributed by atoms with E-state index in [1.807, 2.05) is 13.1 Å². The van der Waals surface area contributed by atoms with Gasteiger partial charge in [0.05, 0.1) is 13.2 Å². The van der Waals surface area contributed by atoms with Crippen LogP contribution in [0, 0.1) is 0 Å². The normalized spacial score (nSPS) is 23.3. The van der Waals surface area contributed by atoms with E-state index in [0.29, 0.717) is 6.61 Å². The molecule has 1 heterocycles. The van der Waals surface area contributed by atoms with Gasteiger partial charge in [-0.15, -0.1) is 0 Å². The lowest BCUT2D eigenvalue weighted by atomic mass is 9.99. The predicted octanol–water partition coefficient (Wildman–Crippen LogP) is 1.98. The van der Waals surface area contributed by atoms with Gasteiger partial charge < -0.3 is 4.74 Å². The number of hydrogen-bond acceptors (Lipinski definition) is 2. The third-order valence-corrected chi connectivity index (χ3v) is 2.02. The van der Waals surface area contributed by atoms with Crippen molar-refractivity contribution in [3.8, 4) is 0 Å². The molecule has 1 aliphatic heterocycles. The minimum Gasteiger partial charge on any atom is -0.376 e. The highest BCUT2D eigenvalue weighted by Crippen LogP contribution is 2.20. The lowest BCUT2D eigenvalue weighted by molar-refractivity contribution is 0.145. The van der Waals surface area contributed by atoms with Crippen LogP contribution in [0.4, 0.5) is 0 Å². The Kier molecular flexibility index (Phi) is 3.23. The molecule has 0 aromatic rings. The molecule has 1 rings (SSSR count). The highest BCUT2D eigenvalue weighted by Gasteiger charge is 2.11. The van der Waals surface area contributed by atoms with Crippen molar-refractivity contribution in [1.82, 2.24) is 0 Å². The summed E-state index contributed by atoms with van der Waals surface area (Å²) < 4.78 is 5.34. The van der Waals surface area contributed by atoms with E-state index < -0.39 is 0 Å². The summed E-state index contributed by atoms with van der Waals surface area (Å²) in [7, 11) is 1.77. The van der Waals surface area contributed by atoms with Crippen molar-refractivity contribution < 1.29 is 4.74 Å². The van der Waals surface area contributed by atoms with Crippen LogP contribution in [0.1, 0.15) is 13.3 Å². The maximum absolute atomic E-state index is 5.34. The second kappa shape index (κ2) is 4.21. The molecule has 0 aromatic heterocycles. The zero-order chi connectivity index (χ0) is 8.97. The highest BCUT2D eigenvalue weighted by molar-refractivity contribution is 5.80. The van der Waals surface area contributed by atoms with Gasteiger partial charge in [-0.1, -0.05) is 6.58 Å². The molecule has 0 spiro atoms. The van der Waals surface area contributed by atoms with Gasteiger partial charge in [0.25, 0.3) is 0 Å². The van der Waals surface area contributed by atoms with Crippen LogP contribution in [0.5, 0.6) is 0 Å². The number of aliphatic imine (C=N–C) groups is 1. The SMILES string of the molecule is C=C1CCOC/C1=C(C)/C=N\C. The first-order valence-electron chi connectivity index (χ1n) is 4.13. The van der Waals surface area contributed by atoms with E-state index in [9.17, 15) is 0 Å². The van der Waals surface area contributed by atoms with Gasteiger partial charge in [-0.05, 0) is 30.1 Å². The van der Waals surface area contributed by atoms with Crippen molar-refractivity contribution in [2.24, 2.45) is 4.99 Å². The molecule has 0 bridgehead atoms. The first-order chi connectivity index (χ1) is 5.75. The van der Waals surface area contributed by atoms with Crippen molar-refractivity contribution >= 4 is 6.21 Å². The van der Waals surface area contributed by atoms with Gasteiger partial charge in [-0.2, -0.15) is 0 Å². The molecule has 1 saturated heterocycles. The summed E-state index contributed by atoms with van der Waals surface area (Å²) in [6.07, 6.45) is 2.80. The number of hydrogen-bond donors (Lipinski definition) is 0. The molecule has 0 aliphatic carbocycles. The molecule has 2 nitrogen and oxygen atoms in total. The summed E-state index contributed by atoms with van der Waals surface area (Å²) in [5, 5.41) is 0. The lowest BCUT2D eigenvalue weighted by Crippen LogP contribution is -2.12. The second-order valence-corrected chi connectivity index (χ2v) is 2.96. The van der Waals surface area contributed by atoms with E-state index in [4.69, 9.17) is 4.74 Å². The van der Waals surface area contributed by atoms with Gasteiger partial charge in [0.15, 0.2) is 0 Å². The van der Waals surface area contributed by atoms with Crippen LogP contribution in [0.15, 0.2) is 28.3 Å². The Balaban J connectivity index is 2.82. The molecule has 0 N–H and O–H groups in total. The Morgan fingerprint density at radius 1 is 1.67 bits per heavy atom. The van der Waals surface area contributed by atoms with Crippen molar-refractivity contribution in [2.45, 2.75) is 13.3 Å². The third-order valence-electron chi connectivity index (χ3n) is 2.02. The predicted molar refractivity (Wildman–Crippen MR) is 51.7 cm³/mol. The summed E-state index contributed by atoms with van der Waals surface area (Å²) in [4.78, 5) is 3.97. The summed E-state index contributed by atoms with van der Waals surface area (Å²) in [6, 6.07) is 0. The maximum atomic E-state index is 5.34. The average molecular weight is 165 g/mol. The van der Waals surface area contributed by atoms with Crippen LogP contribution in [-0.2, 0) is 4.74 Å². The monoisotopic (exact) mass is 165 g/mol. The van der Waals surface area contributed by atoms with Crippen LogP contribution in [0.2, 0.25) is 0 Å². The molecule has 0 amide bonds. The van der Waals surface area contributed by atoms with E-state index in [-0.39, 0.29) is 0 Å². The topological polar surface area (TPSA) is 21.6 Å². The minimum atomic E-state index is 0.691. The molecule has 1 aliphatic rings. The summed E-state index contributed by atoms with van der Waals surface area (Å²) in [5.41, 5.74) is 3.58. The van der Waals surface area contributed by atoms with Gasteiger partial charge in [-0.3, -0.25) is 4.99 Å². The fraction of sp³-hybridized carbons (Fsp3) is 0.500. The van der Waals surface area contributed by atoms with Crippen LogP contribution < -0.4 is 0 Å². The summed E-state index contributed by atoms with van der Waals surface area (Å²) >= 11 is 0. The van der Waals surface area contributed by atoms with E-state index in [2.05, 4.69) is 11.6 Å². The van der Waals surface area contributed by atoms with Crippen molar-refractivity contribution in [3.05, 3.63) is 23.3 Å². The van der Waals surface area contributed by atoms with E-state index >= 15 is 0 Å². The van der Waals surface area contributed by atoms with Gasteiger partial charge >= 0.3 is 0 Å². The number of rotatable bonds is 1. The number of ether oxygens (including phenoxy) is 1. The fourth-order valence-electron chi connectivity index (χ4n) is 1.29. The van der Waals surface area contributed by atoms with Gasteiger partial charge in [0.2, 0.25) is 0 Å². The van der Waals surface area contributed by atoms with Crippen LogP contribution in [0.25, 0.3) is 0 Å². The quantitative estimate of drug-likeness (QED) is 0.544. The molecule has 12 heavy (non-hydrogen) atoms. The zero-order valence-electron chi connectivity index (χ0n) is 7.76. The van der Waals surface area contributed by atoms with Gasteiger partial charge in [-0.25, -0.2) is 0 Å². The average Bonchev–Trinajstić information content (AvgIpc) is 2.05. The Morgan fingerprint density at radius 3 is 3.00 bits per heavy atom. The highest BCUT2D eigenvalue weighted by atomic mass is 16.5.